The van der Waals surface area contributed by atoms with E-state index >= 15 is 0 Å². The smallest absolute Gasteiger partial charge is 0.278 e. The third-order valence-corrected chi connectivity index (χ3v) is 4.93. The molecule has 1 saturated heterocycles. The van der Waals surface area contributed by atoms with E-state index in [2.05, 4.69) is 21.1 Å². The fraction of sp³-hybridized carbons (Fsp3) is 0.118. The van der Waals surface area contributed by atoms with Gasteiger partial charge in [0.05, 0.1) is 10.7 Å². The highest BCUT2D eigenvalue weighted by molar-refractivity contribution is 9.10. The first-order valence-electron chi connectivity index (χ1n) is 7.30. The summed E-state index contributed by atoms with van der Waals surface area (Å²) in [4.78, 5) is 31.6. The summed E-state index contributed by atoms with van der Waals surface area (Å²) in [6, 6.07) is 10.9. The molecule has 0 spiro atoms. The van der Waals surface area contributed by atoms with Gasteiger partial charge in [-0.05, 0) is 30.3 Å². The lowest BCUT2D eigenvalue weighted by Crippen LogP contribution is -2.33. The highest BCUT2D eigenvalue weighted by atomic mass is 79.9. The second-order valence-electron chi connectivity index (χ2n) is 5.60. The molecule has 2 aromatic rings. The quantitative estimate of drug-likeness (QED) is 0.694. The van der Waals surface area contributed by atoms with E-state index in [-0.39, 0.29) is 10.7 Å². The highest BCUT2D eigenvalue weighted by Gasteiger charge is 2.56. The van der Waals surface area contributed by atoms with Crippen molar-refractivity contribution in [2.75, 3.05) is 4.90 Å². The van der Waals surface area contributed by atoms with Gasteiger partial charge in [0.1, 0.15) is 17.4 Å². The van der Waals surface area contributed by atoms with Crippen molar-refractivity contribution in [3.63, 3.8) is 0 Å². The van der Waals surface area contributed by atoms with Crippen molar-refractivity contribution in [1.29, 1.82) is 0 Å². The van der Waals surface area contributed by atoms with Crippen LogP contribution in [-0.4, -0.2) is 23.6 Å². The molecule has 4 rings (SSSR count). The summed E-state index contributed by atoms with van der Waals surface area (Å²) in [5.74, 6) is -2.49. The molecule has 2 aliphatic rings. The molecule has 126 valence electrons. The summed E-state index contributed by atoms with van der Waals surface area (Å²) in [7, 11) is 0. The first-order valence-corrected chi connectivity index (χ1v) is 8.47. The molecule has 2 aromatic carbocycles. The molecule has 8 heteroatoms. The summed E-state index contributed by atoms with van der Waals surface area (Å²) >= 11 is 9.11. The van der Waals surface area contributed by atoms with Crippen LogP contribution in [-0.2, 0) is 14.4 Å². The van der Waals surface area contributed by atoms with Gasteiger partial charge in [-0.25, -0.2) is 9.29 Å². The molecule has 2 aliphatic heterocycles. The number of nitrogens with zero attached hydrogens (tertiary/aromatic N) is 2. The summed E-state index contributed by atoms with van der Waals surface area (Å²) in [5.41, 5.74) is 1.29. The molecule has 0 aliphatic carbocycles. The van der Waals surface area contributed by atoms with Crippen molar-refractivity contribution >= 4 is 50.7 Å². The lowest BCUT2D eigenvalue weighted by molar-refractivity contribution is -0.126. The fourth-order valence-electron chi connectivity index (χ4n) is 2.92. The Balaban J connectivity index is 1.70. The van der Waals surface area contributed by atoms with E-state index in [0.717, 1.165) is 15.4 Å². The van der Waals surface area contributed by atoms with Gasteiger partial charge in [0.25, 0.3) is 5.91 Å². The van der Waals surface area contributed by atoms with Crippen molar-refractivity contribution in [2.24, 2.45) is 11.1 Å². The molecule has 2 amide bonds. The molecule has 0 N–H and O–H groups in total. The second-order valence-corrected chi connectivity index (χ2v) is 6.92. The minimum Gasteiger partial charge on any atom is -0.381 e. The van der Waals surface area contributed by atoms with Crippen molar-refractivity contribution in [1.82, 2.24) is 0 Å². The zero-order valence-electron chi connectivity index (χ0n) is 12.4. The number of oxime groups is 1. The van der Waals surface area contributed by atoms with Gasteiger partial charge in [-0.3, -0.25) is 9.59 Å². The van der Waals surface area contributed by atoms with Crippen LogP contribution < -0.4 is 4.90 Å². The molecule has 2 atom stereocenters. The maximum Gasteiger partial charge on any atom is 0.278 e. The average Bonchev–Trinajstić information content (AvgIpc) is 3.12. The van der Waals surface area contributed by atoms with Crippen LogP contribution in [0.4, 0.5) is 10.1 Å². The van der Waals surface area contributed by atoms with Gasteiger partial charge < -0.3 is 4.84 Å². The third kappa shape index (κ3) is 2.54. The van der Waals surface area contributed by atoms with Gasteiger partial charge in [0.2, 0.25) is 12.0 Å². The Morgan fingerprint density at radius 2 is 1.84 bits per heavy atom. The predicted molar refractivity (Wildman–Crippen MR) is 92.9 cm³/mol. The van der Waals surface area contributed by atoms with Crippen LogP contribution in [0, 0.1) is 11.7 Å². The lowest BCUT2D eigenvalue weighted by Gasteiger charge is -2.15. The van der Waals surface area contributed by atoms with E-state index in [1.54, 1.807) is 12.1 Å². The summed E-state index contributed by atoms with van der Waals surface area (Å²) in [5, 5.41) is 3.76. The standard InChI is InChI=1S/C17H9BrClFN2O3/c18-9-3-1-8(2-4-9)14-13-15(25-21-14)17(24)22(16(13)23)10-5-6-12(20)11(19)7-10/h1-7,13,15H/t13-,15+/m0/s1. The van der Waals surface area contributed by atoms with E-state index in [1.165, 1.54) is 12.1 Å². The maximum atomic E-state index is 13.4. The highest BCUT2D eigenvalue weighted by Crippen LogP contribution is 2.36. The molecule has 5 nitrogen and oxygen atoms in total. The van der Waals surface area contributed by atoms with E-state index in [0.29, 0.717) is 11.3 Å². The van der Waals surface area contributed by atoms with Gasteiger partial charge >= 0.3 is 0 Å². The van der Waals surface area contributed by atoms with E-state index in [9.17, 15) is 14.0 Å². The van der Waals surface area contributed by atoms with E-state index < -0.39 is 29.7 Å². The summed E-state index contributed by atoms with van der Waals surface area (Å²) in [6.07, 6.45) is -1.02. The van der Waals surface area contributed by atoms with Gasteiger partial charge in [0.15, 0.2) is 0 Å². The van der Waals surface area contributed by atoms with Crippen LogP contribution in [0.15, 0.2) is 52.1 Å². The van der Waals surface area contributed by atoms with Gasteiger partial charge in [-0.1, -0.05) is 44.8 Å². The average molecular weight is 424 g/mol. The number of hydrogen-bond donors (Lipinski definition) is 0. The van der Waals surface area contributed by atoms with Crippen LogP contribution in [0.25, 0.3) is 0 Å². The summed E-state index contributed by atoms with van der Waals surface area (Å²) in [6.45, 7) is 0. The number of halogens is 3. The lowest BCUT2D eigenvalue weighted by atomic mass is 9.94. The largest absolute Gasteiger partial charge is 0.381 e. The number of imide groups is 1. The molecule has 2 heterocycles. The molecular formula is C17H9BrClFN2O3. The number of rotatable bonds is 2. The van der Waals surface area contributed by atoms with E-state index in [1.807, 2.05) is 12.1 Å². The van der Waals surface area contributed by atoms with E-state index in [4.69, 9.17) is 16.4 Å². The number of carbonyl (C=O) groups excluding carboxylic acids is 2. The third-order valence-electron chi connectivity index (χ3n) is 4.11. The van der Waals surface area contributed by atoms with Gasteiger partial charge in [-0.2, -0.15) is 0 Å². The normalized spacial score (nSPS) is 22.0. The zero-order chi connectivity index (χ0) is 17.7. The number of hydrogen-bond acceptors (Lipinski definition) is 4. The van der Waals surface area contributed by atoms with Crippen molar-refractivity contribution < 1.29 is 18.8 Å². The zero-order valence-corrected chi connectivity index (χ0v) is 14.8. The van der Waals surface area contributed by atoms with Crippen molar-refractivity contribution in [3.8, 4) is 0 Å². The monoisotopic (exact) mass is 422 g/mol. The topological polar surface area (TPSA) is 59.0 Å². The Labute approximate surface area is 155 Å². The minimum atomic E-state index is -1.02. The Morgan fingerprint density at radius 3 is 2.52 bits per heavy atom. The summed E-state index contributed by atoms with van der Waals surface area (Å²) < 4.78 is 14.2. The first kappa shape index (κ1) is 16.2. The second kappa shape index (κ2) is 5.93. The SMILES string of the molecule is O=C1[C@H]2C(c3ccc(Br)cc3)=NO[C@H]2C(=O)N1c1ccc(F)c(Cl)c1. The molecule has 0 radical (unpaired) electrons. The van der Waals surface area contributed by atoms with Crippen LogP contribution in [0.5, 0.6) is 0 Å². The molecule has 1 fully saturated rings. The number of fused-ring (bicyclic) bond motifs is 1. The Hall–Kier alpha value is -2.25. The van der Waals surface area contributed by atoms with Gasteiger partial charge in [0, 0.05) is 10.0 Å². The van der Waals surface area contributed by atoms with Crippen LogP contribution in [0.1, 0.15) is 5.56 Å². The number of carbonyl (C=O) groups is 2. The predicted octanol–water partition coefficient (Wildman–Crippen LogP) is 3.53. The fourth-order valence-corrected chi connectivity index (χ4v) is 3.35. The molecule has 0 saturated carbocycles. The first-order chi connectivity index (χ1) is 12.0. The van der Waals surface area contributed by atoms with Crippen LogP contribution in [0.3, 0.4) is 0 Å². The van der Waals surface area contributed by atoms with Crippen LogP contribution in [0.2, 0.25) is 5.02 Å². The maximum absolute atomic E-state index is 13.4. The molecular weight excluding hydrogens is 415 g/mol. The van der Waals surface area contributed by atoms with Crippen molar-refractivity contribution in [3.05, 3.63) is 63.3 Å². The number of benzene rings is 2. The molecule has 0 aromatic heterocycles. The van der Waals surface area contributed by atoms with Gasteiger partial charge in [-0.15, -0.1) is 0 Å². The Bertz CT molecular complexity index is 932. The molecule has 25 heavy (non-hydrogen) atoms. The number of amides is 2. The number of anilines is 1. The minimum absolute atomic E-state index is 0.169. The Kier molecular flexibility index (Phi) is 3.85. The Morgan fingerprint density at radius 1 is 1.12 bits per heavy atom. The van der Waals surface area contributed by atoms with Crippen molar-refractivity contribution in [2.45, 2.75) is 6.10 Å². The van der Waals surface area contributed by atoms with Crippen LogP contribution >= 0.6 is 27.5 Å². The molecule has 0 unspecified atom stereocenters. The molecule has 0 bridgehead atoms.